The van der Waals surface area contributed by atoms with Crippen molar-refractivity contribution in [2.45, 2.75) is 15.6 Å². The number of benzene rings is 1. The molecule has 1 aromatic rings. The summed E-state index contributed by atoms with van der Waals surface area (Å²) in [6.45, 7) is -0.773. The molecular formula is C13H13IO6. The van der Waals surface area contributed by atoms with Crippen molar-refractivity contribution >= 4 is 28.6 Å². The van der Waals surface area contributed by atoms with Gasteiger partial charge in [-0.25, -0.2) is 4.79 Å². The minimum absolute atomic E-state index is 0.0878. The SMILES string of the molecule is O=C1O[C@](Cc2ccccc2)([C@](O)(I)CO)C(O)=C1O. The summed E-state index contributed by atoms with van der Waals surface area (Å²) in [7, 11) is 0. The number of ether oxygens (including phenoxy) is 1. The highest BCUT2D eigenvalue weighted by Gasteiger charge is 2.61. The zero-order valence-electron chi connectivity index (χ0n) is 10.3. The molecule has 20 heavy (non-hydrogen) atoms. The van der Waals surface area contributed by atoms with Gasteiger partial charge in [0.25, 0.3) is 0 Å². The van der Waals surface area contributed by atoms with Crippen LogP contribution in [-0.2, 0) is 16.0 Å². The molecule has 2 rings (SSSR count). The smallest absolute Gasteiger partial charge is 0.378 e. The van der Waals surface area contributed by atoms with Crippen molar-refractivity contribution in [3.05, 3.63) is 47.4 Å². The summed E-state index contributed by atoms with van der Waals surface area (Å²) < 4.78 is 3.02. The molecule has 0 radical (unpaired) electrons. The van der Waals surface area contributed by atoms with Crippen molar-refractivity contribution < 1.29 is 30.0 Å². The van der Waals surface area contributed by atoms with Crippen molar-refractivity contribution in [1.82, 2.24) is 0 Å². The first-order valence-electron chi connectivity index (χ1n) is 5.76. The maximum absolute atomic E-state index is 11.5. The Kier molecular flexibility index (Phi) is 3.94. The van der Waals surface area contributed by atoms with Gasteiger partial charge in [0.05, 0.1) is 6.61 Å². The van der Waals surface area contributed by atoms with Crippen LogP contribution < -0.4 is 0 Å². The first kappa shape index (κ1) is 15.1. The van der Waals surface area contributed by atoms with E-state index in [0.717, 1.165) is 0 Å². The monoisotopic (exact) mass is 392 g/mol. The van der Waals surface area contributed by atoms with Crippen LogP contribution in [0.1, 0.15) is 5.56 Å². The van der Waals surface area contributed by atoms with Gasteiger partial charge in [0.2, 0.25) is 11.4 Å². The zero-order chi connectivity index (χ0) is 15.0. The molecule has 0 bridgehead atoms. The third kappa shape index (κ3) is 2.25. The van der Waals surface area contributed by atoms with E-state index in [1.165, 1.54) is 22.6 Å². The molecule has 0 spiro atoms. The molecule has 4 N–H and O–H groups in total. The van der Waals surface area contributed by atoms with E-state index in [2.05, 4.69) is 0 Å². The maximum Gasteiger partial charge on any atom is 0.378 e. The van der Waals surface area contributed by atoms with Crippen LogP contribution >= 0.6 is 22.6 Å². The molecule has 0 saturated carbocycles. The Morgan fingerprint density at radius 3 is 2.30 bits per heavy atom. The van der Waals surface area contributed by atoms with E-state index in [4.69, 9.17) is 4.74 Å². The van der Waals surface area contributed by atoms with E-state index in [9.17, 15) is 25.2 Å². The number of carbonyl (C=O) groups is 1. The van der Waals surface area contributed by atoms with Crippen molar-refractivity contribution in [3.8, 4) is 0 Å². The standard InChI is InChI=1S/C13H13IO6/c14-13(19,7-15)12(6-8-4-2-1-3-5-8)10(17)9(16)11(18)20-12/h1-5,15-17,19H,6-7H2/t12-,13-/m0/s1. The van der Waals surface area contributed by atoms with Gasteiger partial charge in [-0.3, -0.25) is 0 Å². The molecule has 0 aromatic heterocycles. The van der Waals surface area contributed by atoms with E-state index < -0.39 is 33.3 Å². The van der Waals surface area contributed by atoms with Crippen LogP contribution in [0.25, 0.3) is 0 Å². The van der Waals surface area contributed by atoms with Gasteiger partial charge in [0.1, 0.15) is 0 Å². The zero-order valence-corrected chi connectivity index (χ0v) is 12.4. The van der Waals surface area contributed by atoms with Gasteiger partial charge in [-0.2, -0.15) is 0 Å². The summed E-state index contributed by atoms with van der Waals surface area (Å²) in [5.74, 6) is -2.87. The second-order valence-electron chi connectivity index (χ2n) is 4.49. The lowest BCUT2D eigenvalue weighted by atomic mass is 9.87. The Labute approximate surface area is 128 Å². The first-order valence-corrected chi connectivity index (χ1v) is 6.84. The third-order valence-corrected chi connectivity index (χ3v) is 4.40. The second kappa shape index (κ2) is 5.23. The number of rotatable bonds is 4. The minimum atomic E-state index is -1.98. The van der Waals surface area contributed by atoms with Gasteiger partial charge >= 0.3 is 5.97 Å². The van der Waals surface area contributed by atoms with Crippen LogP contribution in [0.4, 0.5) is 0 Å². The van der Waals surface area contributed by atoms with Crippen molar-refractivity contribution in [2.75, 3.05) is 6.61 Å². The van der Waals surface area contributed by atoms with Crippen molar-refractivity contribution in [1.29, 1.82) is 0 Å². The third-order valence-electron chi connectivity index (χ3n) is 3.19. The summed E-state index contributed by atoms with van der Waals surface area (Å²) in [5.41, 5.74) is -1.27. The van der Waals surface area contributed by atoms with E-state index in [1.54, 1.807) is 30.3 Å². The molecule has 0 amide bonds. The number of halogens is 1. The van der Waals surface area contributed by atoms with Gasteiger partial charge in [-0.05, 0) is 28.2 Å². The summed E-state index contributed by atoms with van der Waals surface area (Å²) >= 11 is 1.48. The largest absolute Gasteiger partial charge is 0.505 e. The average molecular weight is 392 g/mol. The topological polar surface area (TPSA) is 107 Å². The number of aliphatic hydroxyl groups is 4. The van der Waals surface area contributed by atoms with Crippen molar-refractivity contribution in [3.63, 3.8) is 0 Å². The highest BCUT2D eigenvalue weighted by Crippen LogP contribution is 2.45. The normalized spacial score (nSPS) is 25.4. The fourth-order valence-electron chi connectivity index (χ4n) is 2.07. The van der Waals surface area contributed by atoms with Gasteiger partial charge in [-0.1, -0.05) is 30.3 Å². The molecule has 0 unspecified atom stereocenters. The molecule has 1 aliphatic rings. The lowest BCUT2D eigenvalue weighted by molar-refractivity contribution is -0.166. The molecule has 1 aromatic carbocycles. The number of carbonyl (C=O) groups excluding carboxylic acids is 1. The highest BCUT2D eigenvalue weighted by atomic mass is 127. The van der Waals surface area contributed by atoms with Gasteiger partial charge in [0, 0.05) is 6.42 Å². The summed E-state index contributed by atoms with van der Waals surface area (Å²) in [6, 6.07) is 8.69. The molecule has 2 atom stereocenters. The molecule has 0 saturated heterocycles. The van der Waals surface area contributed by atoms with E-state index >= 15 is 0 Å². The Morgan fingerprint density at radius 2 is 1.85 bits per heavy atom. The molecule has 0 aliphatic carbocycles. The Morgan fingerprint density at radius 1 is 1.25 bits per heavy atom. The molecule has 0 fully saturated rings. The van der Waals surface area contributed by atoms with Crippen LogP contribution in [0.3, 0.4) is 0 Å². The van der Waals surface area contributed by atoms with Crippen LogP contribution in [-0.4, -0.2) is 42.2 Å². The van der Waals surface area contributed by atoms with Crippen molar-refractivity contribution in [2.24, 2.45) is 0 Å². The van der Waals surface area contributed by atoms with Crippen LogP contribution in [0, 0.1) is 0 Å². The maximum atomic E-state index is 11.5. The Balaban J connectivity index is 2.50. The van der Waals surface area contributed by atoms with E-state index in [-0.39, 0.29) is 6.42 Å². The molecule has 1 heterocycles. The quantitative estimate of drug-likeness (QED) is 0.346. The van der Waals surface area contributed by atoms with Crippen LogP contribution in [0.15, 0.2) is 41.9 Å². The minimum Gasteiger partial charge on any atom is -0.505 e. The van der Waals surface area contributed by atoms with Gasteiger partial charge in [0.15, 0.2) is 9.37 Å². The molecule has 6 nitrogen and oxygen atoms in total. The molecular weight excluding hydrogens is 379 g/mol. The fourth-order valence-corrected chi connectivity index (χ4v) is 2.62. The Hall–Kier alpha value is -1.32. The number of hydrogen-bond donors (Lipinski definition) is 4. The summed E-state index contributed by atoms with van der Waals surface area (Å²) in [6.07, 6.45) is -0.0878. The molecule has 7 heteroatoms. The molecule has 1 aliphatic heterocycles. The predicted molar refractivity (Wildman–Crippen MR) is 77.3 cm³/mol. The number of alkyl halides is 1. The average Bonchev–Trinajstić information content (AvgIpc) is 2.66. The Bertz CT molecular complexity index is 553. The number of aliphatic hydroxyl groups excluding tert-OH is 3. The first-order chi connectivity index (χ1) is 9.34. The van der Waals surface area contributed by atoms with E-state index in [1.807, 2.05) is 0 Å². The van der Waals surface area contributed by atoms with Crippen LogP contribution in [0.2, 0.25) is 0 Å². The highest BCUT2D eigenvalue weighted by molar-refractivity contribution is 14.1. The second-order valence-corrected chi connectivity index (χ2v) is 6.28. The van der Waals surface area contributed by atoms with E-state index in [0.29, 0.717) is 5.56 Å². The number of esters is 1. The fraction of sp³-hybridized carbons (Fsp3) is 0.308. The lowest BCUT2D eigenvalue weighted by Crippen LogP contribution is -2.55. The summed E-state index contributed by atoms with van der Waals surface area (Å²) in [5, 5.41) is 39.1. The van der Waals surface area contributed by atoms with Gasteiger partial charge in [-0.15, -0.1) is 0 Å². The number of cyclic esters (lactones) is 1. The van der Waals surface area contributed by atoms with Gasteiger partial charge < -0.3 is 25.2 Å². The summed E-state index contributed by atoms with van der Waals surface area (Å²) in [4.78, 5) is 11.5. The predicted octanol–water partition coefficient (Wildman–Crippen LogP) is 0.968. The molecule has 108 valence electrons. The number of hydrogen-bond acceptors (Lipinski definition) is 6. The van der Waals surface area contributed by atoms with Crippen LogP contribution in [0.5, 0.6) is 0 Å². The lowest BCUT2D eigenvalue weighted by Gasteiger charge is -2.38.